The number of H-pyrrole nitrogens is 1. The van der Waals surface area contributed by atoms with E-state index >= 15 is 0 Å². The van der Waals surface area contributed by atoms with Crippen molar-refractivity contribution in [2.75, 3.05) is 25.5 Å². The highest BCUT2D eigenvalue weighted by Crippen LogP contribution is 2.28. The van der Waals surface area contributed by atoms with E-state index < -0.39 is 0 Å². The second-order valence-corrected chi connectivity index (χ2v) is 11.1. The number of likely N-dealkylation sites (tertiary alicyclic amines) is 1. The minimum atomic E-state index is -0.371. The molecule has 6 rings (SSSR count). The zero-order valence-corrected chi connectivity index (χ0v) is 23.8. The SMILES string of the molecule is CC1=NN(C)C(C(=O)Nc2cccc(C(=O)c3ccc4c(C=Nc5ccc(CN6CCCC6)cc5)c(O)[nH]c4c3)c2)C1. The Labute approximate surface area is 244 Å². The molecule has 9 nitrogen and oxygen atoms in total. The molecule has 0 spiro atoms. The summed E-state index contributed by atoms with van der Waals surface area (Å²) in [5.41, 5.74) is 5.62. The van der Waals surface area contributed by atoms with Crippen molar-refractivity contribution in [3.8, 4) is 5.88 Å². The van der Waals surface area contributed by atoms with E-state index in [4.69, 9.17) is 0 Å². The molecule has 3 heterocycles. The third-order valence-electron chi connectivity index (χ3n) is 7.93. The Morgan fingerprint density at radius 1 is 1.07 bits per heavy atom. The van der Waals surface area contributed by atoms with Crippen molar-refractivity contribution in [2.24, 2.45) is 10.1 Å². The molecule has 4 aromatic rings. The van der Waals surface area contributed by atoms with Crippen LogP contribution in [0.4, 0.5) is 11.4 Å². The predicted molar refractivity (Wildman–Crippen MR) is 166 cm³/mol. The molecule has 3 aromatic carbocycles. The molecule has 1 aromatic heterocycles. The first-order chi connectivity index (χ1) is 20.3. The number of rotatable bonds is 8. The van der Waals surface area contributed by atoms with Gasteiger partial charge < -0.3 is 15.4 Å². The number of nitrogens with one attached hydrogen (secondary N) is 2. The molecule has 0 saturated carbocycles. The number of fused-ring (bicyclic) bond motifs is 1. The third kappa shape index (κ3) is 5.82. The van der Waals surface area contributed by atoms with Crippen LogP contribution in [0.25, 0.3) is 10.9 Å². The van der Waals surface area contributed by atoms with Crippen molar-refractivity contribution in [3.63, 3.8) is 0 Å². The van der Waals surface area contributed by atoms with E-state index in [9.17, 15) is 14.7 Å². The van der Waals surface area contributed by atoms with Gasteiger partial charge in [-0.3, -0.25) is 24.5 Å². The summed E-state index contributed by atoms with van der Waals surface area (Å²) in [6, 6.07) is 20.0. The summed E-state index contributed by atoms with van der Waals surface area (Å²) >= 11 is 0. The molecule has 0 aliphatic carbocycles. The van der Waals surface area contributed by atoms with E-state index in [1.807, 2.05) is 25.1 Å². The van der Waals surface area contributed by atoms with Gasteiger partial charge in [0.05, 0.1) is 11.3 Å². The van der Waals surface area contributed by atoms with Gasteiger partial charge in [-0.2, -0.15) is 5.10 Å². The number of anilines is 1. The summed E-state index contributed by atoms with van der Waals surface area (Å²) in [6.45, 7) is 5.17. The minimum absolute atomic E-state index is 0.00944. The number of aromatic nitrogens is 1. The molecule has 2 aliphatic rings. The molecule has 0 bridgehead atoms. The van der Waals surface area contributed by atoms with Crippen molar-refractivity contribution >= 4 is 45.9 Å². The van der Waals surface area contributed by atoms with Crippen molar-refractivity contribution in [1.82, 2.24) is 14.9 Å². The molecule has 9 heteroatoms. The topological polar surface area (TPSA) is 113 Å². The maximum atomic E-state index is 13.4. The molecule has 1 atom stereocenters. The molecule has 3 N–H and O–H groups in total. The average molecular weight is 563 g/mol. The van der Waals surface area contributed by atoms with Gasteiger partial charge in [0, 0.05) is 59.7 Å². The number of amides is 1. The average Bonchev–Trinajstić information content (AvgIpc) is 3.70. The standard InChI is InChI=1S/C33H34N6O3/c1-21-16-30(38(2)37-21)33(42)35-26-7-5-6-23(17-26)31(40)24-10-13-27-28(32(41)36-29(27)18-24)19-34-25-11-8-22(9-12-25)20-39-14-3-4-15-39/h5-13,17-19,30,36,41H,3-4,14-16,20H2,1-2H3,(H,35,42). The second-order valence-electron chi connectivity index (χ2n) is 11.1. The number of nitrogens with zero attached hydrogens (tertiary/aromatic N) is 4. The first kappa shape index (κ1) is 27.4. The fraction of sp³-hybridized carbons (Fsp3) is 0.273. The van der Waals surface area contributed by atoms with Gasteiger partial charge in [-0.05, 0) is 68.8 Å². The summed E-state index contributed by atoms with van der Waals surface area (Å²) in [6.07, 6.45) is 4.76. The zero-order chi connectivity index (χ0) is 29.2. The number of hydrogen-bond acceptors (Lipinski definition) is 7. The number of aliphatic imine (C=N–C) groups is 1. The lowest BCUT2D eigenvalue weighted by Crippen LogP contribution is -2.36. The Kier molecular flexibility index (Phi) is 7.58. The molecular weight excluding hydrogens is 528 g/mol. The number of likely N-dealkylation sites (N-methyl/N-ethyl adjacent to an activating group) is 1. The number of aromatic amines is 1. The van der Waals surface area contributed by atoms with Crippen LogP contribution in [0.2, 0.25) is 0 Å². The number of carbonyl (C=O) groups excluding carboxylic acids is 2. The normalized spacial score (nSPS) is 17.3. The Balaban J connectivity index is 1.15. The lowest BCUT2D eigenvalue weighted by atomic mass is 10.0. The van der Waals surface area contributed by atoms with Crippen molar-refractivity contribution in [3.05, 3.63) is 89.0 Å². The summed E-state index contributed by atoms with van der Waals surface area (Å²) in [4.78, 5) is 36.2. The Morgan fingerprint density at radius 3 is 2.57 bits per heavy atom. The van der Waals surface area contributed by atoms with E-state index in [0.717, 1.165) is 36.4 Å². The number of carbonyl (C=O) groups is 2. The van der Waals surface area contributed by atoms with Crippen molar-refractivity contribution in [1.29, 1.82) is 0 Å². The molecule has 1 fully saturated rings. The highest BCUT2D eigenvalue weighted by molar-refractivity contribution is 6.12. The number of ketones is 1. The lowest BCUT2D eigenvalue weighted by Gasteiger charge is -2.18. The Morgan fingerprint density at radius 2 is 1.83 bits per heavy atom. The van der Waals surface area contributed by atoms with E-state index in [-0.39, 0.29) is 23.6 Å². The first-order valence-corrected chi connectivity index (χ1v) is 14.3. The zero-order valence-electron chi connectivity index (χ0n) is 23.8. The van der Waals surface area contributed by atoms with Crippen LogP contribution < -0.4 is 5.32 Å². The molecule has 2 aliphatic heterocycles. The van der Waals surface area contributed by atoms with E-state index in [0.29, 0.717) is 34.3 Å². The summed E-state index contributed by atoms with van der Waals surface area (Å²) in [7, 11) is 1.78. The van der Waals surface area contributed by atoms with Crippen LogP contribution >= 0.6 is 0 Å². The Hall–Kier alpha value is -4.76. The minimum Gasteiger partial charge on any atom is -0.494 e. The maximum absolute atomic E-state index is 13.4. The number of hydrazone groups is 1. The van der Waals surface area contributed by atoms with Crippen LogP contribution in [0.5, 0.6) is 5.88 Å². The summed E-state index contributed by atoms with van der Waals surface area (Å²) in [5, 5.41) is 20.2. The lowest BCUT2D eigenvalue weighted by molar-refractivity contribution is -0.120. The molecule has 0 radical (unpaired) electrons. The number of benzene rings is 3. The van der Waals surface area contributed by atoms with Gasteiger partial charge >= 0.3 is 0 Å². The quantitative estimate of drug-likeness (QED) is 0.195. The molecule has 1 amide bonds. The molecule has 1 saturated heterocycles. The van der Waals surface area contributed by atoms with Crippen LogP contribution in [0.3, 0.4) is 0 Å². The molecule has 42 heavy (non-hydrogen) atoms. The van der Waals surface area contributed by atoms with Gasteiger partial charge in [-0.1, -0.05) is 36.4 Å². The summed E-state index contributed by atoms with van der Waals surface area (Å²) in [5.74, 6) is -0.369. The van der Waals surface area contributed by atoms with Crippen LogP contribution in [-0.2, 0) is 11.3 Å². The van der Waals surface area contributed by atoms with Gasteiger partial charge in [0.25, 0.3) is 0 Å². The van der Waals surface area contributed by atoms with Crippen LogP contribution in [0.15, 0.2) is 76.8 Å². The van der Waals surface area contributed by atoms with E-state index in [1.54, 1.807) is 54.7 Å². The van der Waals surface area contributed by atoms with Gasteiger partial charge in [0.2, 0.25) is 5.91 Å². The van der Waals surface area contributed by atoms with Crippen LogP contribution in [-0.4, -0.2) is 69.8 Å². The fourth-order valence-electron chi connectivity index (χ4n) is 5.69. The van der Waals surface area contributed by atoms with Crippen molar-refractivity contribution < 1.29 is 14.7 Å². The molecule has 214 valence electrons. The van der Waals surface area contributed by atoms with Gasteiger partial charge in [-0.15, -0.1) is 0 Å². The maximum Gasteiger partial charge on any atom is 0.249 e. The van der Waals surface area contributed by atoms with Gasteiger partial charge in [-0.25, -0.2) is 0 Å². The summed E-state index contributed by atoms with van der Waals surface area (Å²) < 4.78 is 0. The van der Waals surface area contributed by atoms with E-state index in [2.05, 4.69) is 37.4 Å². The van der Waals surface area contributed by atoms with Crippen LogP contribution in [0.1, 0.15) is 53.2 Å². The number of aromatic hydroxyl groups is 1. The Bertz CT molecular complexity index is 1700. The van der Waals surface area contributed by atoms with Gasteiger partial charge in [0.1, 0.15) is 6.04 Å². The molecule has 1 unspecified atom stereocenters. The third-order valence-corrected chi connectivity index (χ3v) is 7.93. The van der Waals surface area contributed by atoms with Crippen LogP contribution in [0, 0.1) is 0 Å². The second kappa shape index (κ2) is 11.6. The fourth-order valence-corrected chi connectivity index (χ4v) is 5.69. The monoisotopic (exact) mass is 562 g/mol. The number of hydrogen-bond donors (Lipinski definition) is 3. The molecular formula is C33H34N6O3. The largest absolute Gasteiger partial charge is 0.494 e. The van der Waals surface area contributed by atoms with Crippen molar-refractivity contribution in [2.45, 2.75) is 38.8 Å². The highest BCUT2D eigenvalue weighted by Gasteiger charge is 2.28. The highest BCUT2D eigenvalue weighted by atomic mass is 16.3. The van der Waals surface area contributed by atoms with Gasteiger partial charge in [0.15, 0.2) is 11.7 Å². The van der Waals surface area contributed by atoms with E-state index in [1.165, 1.54) is 18.4 Å². The smallest absolute Gasteiger partial charge is 0.249 e. The predicted octanol–water partition coefficient (Wildman–Crippen LogP) is 5.47. The first-order valence-electron chi connectivity index (χ1n) is 14.3.